The van der Waals surface area contributed by atoms with E-state index in [-0.39, 0.29) is 11.8 Å². The highest BCUT2D eigenvalue weighted by Crippen LogP contribution is 2.14. The number of hydrogen-bond acceptors (Lipinski definition) is 4. The van der Waals surface area contributed by atoms with Crippen LogP contribution in [-0.2, 0) is 9.59 Å². The Balaban J connectivity index is 0.000000151. The first-order valence-corrected chi connectivity index (χ1v) is 5.00. The number of nitrogen functional groups attached to an aromatic ring is 1. The van der Waals surface area contributed by atoms with Gasteiger partial charge in [0.2, 0.25) is 11.8 Å². The molecule has 0 atom stereocenters. The molecule has 2 amide bonds. The quantitative estimate of drug-likeness (QED) is 0.567. The number of nitrogens with two attached hydrogens (primary N) is 1. The van der Waals surface area contributed by atoms with Gasteiger partial charge >= 0.3 is 0 Å². The summed E-state index contributed by atoms with van der Waals surface area (Å²) < 4.78 is 0.979. The summed E-state index contributed by atoms with van der Waals surface area (Å²) in [6, 6.07) is 5.43. The van der Waals surface area contributed by atoms with Crippen molar-refractivity contribution in [2.45, 2.75) is 12.8 Å². The fourth-order valence-electron chi connectivity index (χ4n) is 0.925. The highest BCUT2D eigenvalue weighted by molar-refractivity contribution is 9.08. The number of rotatable bonds is 0. The Hall–Kier alpha value is -1.43. The highest BCUT2D eigenvalue weighted by atomic mass is 79.9. The van der Waals surface area contributed by atoms with Crippen molar-refractivity contribution in [1.29, 1.82) is 0 Å². The van der Waals surface area contributed by atoms with E-state index in [4.69, 9.17) is 5.73 Å². The summed E-state index contributed by atoms with van der Waals surface area (Å²) in [5.74, 6) is 0.285. The number of carbonyl (C=O) groups excluding carboxylic acids is 2. The molecule has 1 saturated heterocycles. The largest absolute Gasteiger partial charge is 0.384 e. The van der Waals surface area contributed by atoms with Crippen LogP contribution in [0.5, 0.6) is 0 Å². The van der Waals surface area contributed by atoms with E-state index in [0.29, 0.717) is 18.7 Å². The van der Waals surface area contributed by atoms with E-state index in [0.717, 1.165) is 3.93 Å². The molecule has 0 bridgehead atoms. The maximum absolute atomic E-state index is 10.4. The van der Waals surface area contributed by atoms with E-state index in [1.807, 2.05) is 12.1 Å². The molecule has 0 spiro atoms. The number of anilines is 1. The molecular formula is C9H10BrN3O2. The summed E-state index contributed by atoms with van der Waals surface area (Å²) in [6.45, 7) is 0. The first-order valence-electron chi connectivity index (χ1n) is 4.29. The number of hydrogen-bond donors (Lipinski definition) is 1. The topological polar surface area (TPSA) is 76.3 Å². The second-order valence-corrected chi connectivity index (χ2v) is 3.53. The Labute approximate surface area is 95.6 Å². The van der Waals surface area contributed by atoms with Gasteiger partial charge in [-0.05, 0) is 12.1 Å². The third-order valence-corrected chi connectivity index (χ3v) is 2.47. The van der Waals surface area contributed by atoms with Crippen LogP contribution >= 0.6 is 16.1 Å². The lowest BCUT2D eigenvalue weighted by Gasteiger charge is -1.97. The van der Waals surface area contributed by atoms with Gasteiger partial charge in [-0.15, -0.1) is 0 Å². The first kappa shape index (κ1) is 11.6. The Bertz CT molecular complexity index is 340. The third-order valence-electron chi connectivity index (χ3n) is 1.68. The number of pyridine rings is 1. The van der Waals surface area contributed by atoms with Gasteiger partial charge in [0, 0.05) is 19.0 Å². The van der Waals surface area contributed by atoms with Gasteiger partial charge in [-0.25, -0.2) is 8.91 Å². The number of amides is 2. The van der Waals surface area contributed by atoms with Crippen molar-refractivity contribution in [3.63, 3.8) is 0 Å². The van der Waals surface area contributed by atoms with Crippen molar-refractivity contribution in [2.24, 2.45) is 0 Å². The molecule has 1 aromatic rings. The van der Waals surface area contributed by atoms with Crippen molar-refractivity contribution >= 4 is 33.8 Å². The van der Waals surface area contributed by atoms with E-state index in [9.17, 15) is 9.59 Å². The molecule has 2 heterocycles. The zero-order valence-electron chi connectivity index (χ0n) is 7.89. The van der Waals surface area contributed by atoms with Crippen LogP contribution in [0, 0.1) is 0 Å². The molecule has 2 rings (SSSR count). The van der Waals surface area contributed by atoms with Crippen LogP contribution < -0.4 is 5.73 Å². The lowest BCUT2D eigenvalue weighted by molar-refractivity contribution is -0.131. The second-order valence-electron chi connectivity index (χ2n) is 2.82. The van der Waals surface area contributed by atoms with Crippen LogP contribution in [0.25, 0.3) is 0 Å². The molecule has 5 nitrogen and oxygen atoms in total. The van der Waals surface area contributed by atoms with E-state index in [2.05, 4.69) is 21.1 Å². The lowest BCUT2D eigenvalue weighted by atomic mass is 10.4. The summed E-state index contributed by atoms with van der Waals surface area (Å²) in [6.07, 6.45) is 2.36. The Morgan fingerprint density at radius 1 is 1.27 bits per heavy atom. The number of imide groups is 1. The molecule has 2 N–H and O–H groups in total. The van der Waals surface area contributed by atoms with Crippen LogP contribution in [0.2, 0.25) is 0 Å². The Kier molecular flexibility index (Phi) is 4.23. The summed E-state index contributed by atoms with van der Waals surface area (Å²) in [5, 5.41) is 0. The Morgan fingerprint density at radius 2 is 1.87 bits per heavy atom. The van der Waals surface area contributed by atoms with Gasteiger partial charge in [-0.3, -0.25) is 9.59 Å². The minimum absolute atomic E-state index is 0.144. The van der Waals surface area contributed by atoms with E-state index < -0.39 is 0 Å². The molecular weight excluding hydrogens is 262 g/mol. The summed E-state index contributed by atoms with van der Waals surface area (Å²) >= 11 is 2.80. The highest BCUT2D eigenvalue weighted by Gasteiger charge is 2.26. The van der Waals surface area contributed by atoms with Crippen LogP contribution in [0.15, 0.2) is 24.4 Å². The first-order chi connectivity index (χ1) is 7.11. The smallest absolute Gasteiger partial charge is 0.239 e. The predicted molar refractivity (Wildman–Crippen MR) is 58.7 cm³/mol. The van der Waals surface area contributed by atoms with Crippen LogP contribution in [-0.4, -0.2) is 20.7 Å². The van der Waals surface area contributed by atoms with Crippen LogP contribution in [0.1, 0.15) is 12.8 Å². The van der Waals surface area contributed by atoms with Crippen LogP contribution in [0.4, 0.5) is 5.82 Å². The molecule has 1 aliphatic rings. The molecule has 15 heavy (non-hydrogen) atoms. The maximum Gasteiger partial charge on any atom is 0.239 e. The average Bonchev–Trinajstić information content (AvgIpc) is 2.52. The molecule has 0 aromatic carbocycles. The van der Waals surface area contributed by atoms with Gasteiger partial charge in [-0.2, -0.15) is 0 Å². The van der Waals surface area contributed by atoms with Gasteiger partial charge in [0.15, 0.2) is 0 Å². The average molecular weight is 272 g/mol. The SMILES string of the molecule is Nc1ccccn1.O=C1CCC(=O)N1Br. The lowest BCUT2D eigenvalue weighted by Crippen LogP contribution is -2.16. The number of halogens is 1. The van der Waals surface area contributed by atoms with Gasteiger partial charge in [0.1, 0.15) is 5.82 Å². The molecule has 0 aliphatic carbocycles. The van der Waals surface area contributed by atoms with Crippen LogP contribution in [0.3, 0.4) is 0 Å². The fraction of sp³-hybridized carbons (Fsp3) is 0.222. The molecule has 0 unspecified atom stereocenters. The minimum atomic E-state index is -0.144. The number of aromatic nitrogens is 1. The summed E-state index contributed by atoms with van der Waals surface area (Å²) in [7, 11) is 0. The van der Waals surface area contributed by atoms with Crippen molar-refractivity contribution < 1.29 is 9.59 Å². The molecule has 1 aliphatic heterocycles. The van der Waals surface area contributed by atoms with Crippen molar-refractivity contribution in [2.75, 3.05) is 5.73 Å². The van der Waals surface area contributed by atoms with E-state index in [1.165, 1.54) is 0 Å². The van der Waals surface area contributed by atoms with Gasteiger partial charge in [0.25, 0.3) is 0 Å². The molecule has 1 fully saturated rings. The van der Waals surface area contributed by atoms with Gasteiger partial charge in [0.05, 0.1) is 16.1 Å². The zero-order valence-corrected chi connectivity index (χ0v) is 9.48. The predicted octanol–water partition coefficient (Wildman–Crippen LogP) is 1.11. The fourth-order valence-corrected chi connectivity index (χ4v) is 1.28. The number of nitrogens with zero attached hydrogens (tertiary/aromatic N) is 2. The molecule has 1 aromatic heterocycles. The number of carbonyl (C=O) groups is 2. The maximum atomic E-state index is 10.4. The second kappa shape index (κ2) is 5.45. The third kappa shape index (κ3) is 3.67. The monoisotopic (exact) mass is 271 g/mol. The van der Waals surface area contributed by atoms with E-state index in [1.54, 1.807) is 12.3 Å². The van der Waals surface area contributed by atoms with E-state index >= 15 is 0 Å². The van der Waals surface area contributed by atoms with Gasteiger partial charge in [-0.1, -0.05) is 6.07 Å². The van der Waals surface area contributed by atoms with Crippen molar-refractivity contribution in [3.05, 3.63) is 24.4 Å². The summed E-state index contributed by atoms with van der Waals surface area (Å²) in [4.78, 5) is 24.6. The summed E-state index contributed by atoms with van der Waals surface area (Å²) in [5.41, 5.74) is 5.25. The van der Waals surface area contributed by atoms with Crippen molar-refractivity contribution in [1.82, 2.24) is 8.91 Å². The van der Waals surface area contributed by atoms with Gasteiger partial charge < -0.3 is 5.73 Å². The molecule has 0 radical (unpaired) electrons. The molecule has 80 valence electrons. The molecule has 6 heteroatoms. The van der Waals surface area contributed by atoms with Crippen molar-refractivity contribution in [3.8, 4) is 0 Å². The Morgan fingerprint density at radius 3 is 2.07 bits per heavy atom. The normalized spacial score (nSPS) is 14.9. The minimum Gasteiger partial charge on any atom is -0.384 e. The molecule has 0 saturated carbocycles. The standard InChI is InChI=1S/C5H6N2.C4H4BrNO2/c6-5-3-1-2-4-7-5;5-6-3(7)1-2-4(6)8/h1-4H,(H2,6,7);1-2H2. The zero-order chi connectivity index (χ0) is 11.3.